The third kappa shape index (κ3) is 6.06. The Bertz CT molecular complexity index is 304. The number of benzene rings is 1. The molecule has 0 aliphatic carbocycles. The van der Waals surface area contributed by atoms with E-state index in [1.165, 1.54) is 0 Å². The number of hydrogen-bond acceptors (Lipinski definition) is 4. The highest BCUT2D eigenvalue weighted by Gasteiger charge is 1.99. The van der Waals surface area contributed by atoms with Crippen LogP contribution in [-0.4, -0.2) is 32.6 Å². The van der Waals surface area contributed by atoms with Gasteiger partial charge in [-0.25, -0.2) is 0 Å². The van der Waals surface area contributed by atoms with Crippen LogP contribution in [-0.2, 0) is 14.3 Å². The maximum atomic E-state index is 10.6. The van der Waals surface area contributed by atoms with E-state index in [0.29, 0.717) is 11.8 Å². The van der Waals surface area contributed by atoms with Gasteiger partial charge in [0.05, 0.1) is 0 Å². The van der Waals surface area contributed by atoms with Gasteiger partial charge in [0.25, 0.3) is 0 Å². The van der Waals surface area contributed by atoms with Crippen molar-refractivity contribution in [2.75, 3.05) is 14.2 Å². The van der Waals surface area contributed by atoms with Crippen LogP contribution in [0.3, 0.4) is 0 Å². The van der Waals surface area contributed by atoms with E-state index < -0.39 is 5.78 Å². The topological polar surface area (TPSA) is 52.6 Å². The molecule has 88 valence electrons. The summed E-state index contributed by atoms with van der Waals surface area (Å²) in [5.41, 5.74) is 0.442. The Balaban J connectivity index is 0.000000325. The van der Waals surface area contributed by atoms with Crippen molar-refractivity contribution in [3.8, 4) is 0 Å². The fourth-order valence-electron chi connectivity index (χ4n) is 0.767. The maximum absolute atomic E-state index is 10.6. The monoisotopic (exact) mass is 224 g/mol. The highest BCUT2D eigenvalue weighted by atomic mass is 16.7. The third-order valence-electron chi connectivity index (χ3n) is 1.83. The molecule has 0 radical (unpaired) electrons. The maximum Gasteiger partial charge on any atom is 0.225 e. The van der Waals surface area contributed by atoms with Crippen molar-refractivity contribution in [2.45, 2.75) is 13.2 Å². The van der Waals surface area contributed by atoms with Gasteiger partial charge in [-0.2, -0.15) is 0 Å². The SMILES string of the molecule is COC(C)OC.O=CC(=O)c1ccccc1. The molecule has 1 aromatic rings. The Morgan fingerprint density at radius 3 is 2.00 bits per heavy atom. The molecule has 0 bridgehead atoms. The molecule has 0 saturated carbocycles. The average Bonchev–Trinajstić information content (AvgIpc) is 2.38. The van der Waals surface area contributed by atoms with Crippen molar-refractivity contribution in [3.05, 3.63) is 35.9 Å². The Labute approximate surface area is 95.2 Å². The van der Waals surface area contributed by atoms with Crippen LogP contribution in [0.1, 0.15) is 17.3 Å². The molecule has 0 aromatic heterocycles. The van der Waals surface area contributed by atoms with Gasteiger partial charge < -0.3 is 9.47 Å². The van der Waals surface area contributed by atoms with Crippen LogP contribution < -0.4 is 0 Å². The van der Waals surface area contributed by atoms with E-state index in [1.54, 1.807) is 44.6 Å². The predicted molar refractivity (Wildman–Crippen MR) is 60.3 cm³/mol. The Morgan fingerprint density at radius 1 is 1.19 bits per heavy atom. The Hall–Kier alpha value is -1.52. The predicted octanol–water partition coefficient (Wildman–Crippen LogP) is 1.69. The second-order valence-electron chi connectivity index (χ2n) is 2.89. The van der Waals surface area contributed by atoms with Crippen LogP contribution >= 0.6 is 0 Å². The fourth-order valence-corrected chi connectivity index (χ4v) is 0.767. The van der Waals surface area contributed by atoms with E-state index in [-0.39, 0.29) is 6.29 Å². The van der Waals surface area contributed by atoms with Gasteiger partial charge in [0.2, 0.25) is 5.78 Å². The molecule has 4 heteroatoms. The van der Waals surface area contributed by atoms with Crippen molar-refractivity contribution < 1.29 is 19.1 Å². The lowest BCUT2D eigenvalue weighted by Crippen LogP contribution is -2.05. The summed E-state index contributed by atoms with van der Waals surface area (Å²) in [4.78, 5) is 20.6. The van der Waals surface area contributed by atoms with E-state index in [9.17, 15) is 9.59 Å². The fraction of sp³-hybridized carbons (Fsp3) is 0.333. The molecule has 16 heavy (non-hydrogen) atoms. The van der Waals surface area contributed by atoms with E-state index >= 15 is 0 Å². The summed E-state index contributed by atoms with van der Waals surface area (Å²) in [6.45, 7) is 1.83. The zero-order chi connectivity index (χ0) is 12.4. The van der Waals surface area contributed by atoms with Crippen LogP contribution in [0.5, 0.6) is 0 Å². The average molecular weight is 224 g/mol. The highest BCUT2D eigenvalue weighted by Crippen LogP contribution is 1.96. The molecule has 0 aliphatic heterocycles. The quantitative estimate of drug-likeness (QED) is 0.338. The minimum atomic E-state index is -0.472. The van der Waals surface area contributed by atoms with Gasteiger partial charge >= 0.3 is 0 Å². The van der Waals surface area contributed by atoms with Crippen LogP contribution in [0.15, 0.2) is 30.3 Å². The van der Waals surface area contributed by atoms with Gasteiger partial charge in [-0.05, 0) is 6.92 Å². The molecule has 0 N–H and O–H groups in total. The van der Waals surface area contributed by atoms with E-state index in [2.05, 4.69) is 9.47 Å². The number of aldehydes is 1. The lowest BCUT2D eigenvalue weighted by molar-refractivity contribution is -0.104. The number of rotatable bonds is 4. The Morgan fingerprint density at radius 2 is 1.69 bits per heavy atom. The number of hydrogen-bond donors (Lipinski definition) is 0. The summed E-state index contributed by atoms with van der Waals surface area (Å²) in [7, 11) is 3.21. The molecule has 4 nitrogen and oxygen atoms in total. The van der Waals surface area contributed by atoms with Crippen molar-refractivity contribution in [1.82, 2.24) is 0 Å². The molecule has 0 unspecified atom stereocenters. The summed E-state index contributed by atoms with van der Waals surface area (Å²) < 4.78 is 9.35. The van der Waals surface area contributed by atoms with Crippen molar-refractivity contribution in [2.24, 2.45) is 0 Å². The van der Waals surface area contributed by atoms with Crippen molar-refractivity contribution in [3.63, 3.8) is 0 Å². The first-order chi connectivity index (χ1) is 7.65. The molecule has 0 atom stereocenters. The number of methoxy groups -OCH3 is 2. The summed E-state index contributed by atoms with van der Waals surface area (Å²) >= 11 is 0. The lowest BCUT2D eigenvalue weighted by Gasteiger charge is -2.03. The molecule has 1 aromatic carbocycles. The molecule has 0 saturated heterocycles. The summed E-state index contributed by atoms with van der Waals surface area (Å²) in [5, 5.41) is 0. The van der Waals surface area contributed by atoms with Gasteiger partial charge in [-0.15, -0.1) is 0 Å². The standard InChI is InChI=1S/C8H6O2.C4H10O2/c9-6-8(10)7-4-2-1-3-5-7;1-4(5-2)6-3/h1-6H;4H,1-3H3. The minimum absolute atomic E-state index is 0.0648. The first kappa shape index (κ1) is 14.5. The molecule has 0 heterocycles. The smallest absolute Gasteiger partial charge is 0.225 e. The molecule has 0 fully saturated rings. The van der Waals surface area contributed by atoms with Crippen molar-refractivity contribution >= 4 is 12.1 Å². The number of carbonyl (C=O) groups excluding carboxylic acids is 2. The first-order valence-corrected chi connectivity index (χ1v) is 4.75. The summed E-state index contributed by atoms with van der Waals surface area (Å²) in [5.74, 6) is -0.472. The van der Waals surface area contributed by atoms with Gasteiger partial charge in [-0.3, -0.25) is 9.59 Å². The van der Waals surface area contributed by atoms with Crippen LogP contribution in [0.4, 0.5) is 0 Å². The largest absolute Gasteiger partial charge is 0.356 e. The molecule has 0 aliphatic rings. The van der Waals surface area contributed by atoms with Gasteiger partial charge in [0.15, 0.2) is 12.6 Å². The van der Waals surface area contributed by atoms with E-state index in [0.717, 1.165) is 0 Å². The third-order valence-corrected chi connectivity index (χ3v) is 1.83. The summed E-state index contributed by atoms with van der Waals surface area (Å²) in [6.07, 6.45) is 0.250. The zero-order valence-corrected chi connectivity index (χ0v) is 9.67. The number of Topliss-reactive ketones (excluding diaryl/α,β-unsaturated/α-hetero) is 1. The molecular weight excluding hydrogens is 208 g/mol. The lowest BCUT2D eigenvalue weighted by atomic mass is 10.1. The minimum Gasteiger partial charge on any atom is -0.356 e. The van der Waals surface area contributed by atoms with Crippen molar-refractivity contribution in [1.29, 1.82) is 0 Å². The molecule has 0 amide bonds. The van der Waals surface area contributed by atoms with E-state index in [4.69, 9.17) is 0 Å². The zero-order valence-electron chi connectivity index (χ0n) is 9.67. The van der Waals surface area contributed by atoms with Crippen LogP contribution in [0.2, 0.25) is 0 Å². The van der Waals surface area contributed by atoms with Gasteiger partial charge in [0, 0.05) is 19.8 Å². The van der Waals surface area contributed by atoms with Crippen LogP contribution in [0, 0.1) is 0 Å². The second kappa shape index (κ2) is 8.76. The van der Waals surface area contributed by atoms with Crippen LogP contribution in [0.25, 0.3) is 0 Å². The second-order valence-corrected chi connectivity index (χ2v) is 2.89. The van der Waals surface area contributed by atoms with E-state index in [1.807, 2.05) is 6.92 Å². The van der Waals surface area contributed by atoms with Gasteiger partial charge in [-0.1, -0.05) is 30.3 Å². The number of ketones is 1. The Kier molecular flexibility index (Phi) is 7.93. The first-order valence-electron chi connectivity index (χ1n) is 4.75. The number of carbonyl (C=O) groups is 2. The van der Waals surface area contributed by atoms with Gasteiger partial charge in [0.1, 0.15) is 0 Å². The number of ether oxygens (including phenoxy) is 2. The molecule has 0 spiro atoms. The normalized spacial score (nSPS) is 9.25. The summed E-state index contributed by atoms with van der Waals surface area (Å²) in [6, 6.07) is 8.45. The molecular formula is C12H16O4. The molecule has 1 rings (SSSR count). The highest BCUT2D eigenvalue weighted by molar-refractivity contribution is 6.33.